The number of benzene rings is 1. The Morgan fingerprint density at radius 1 is 1.40 bits per heavy atom. The summed E-state index contributed by atoms with van der Waals surface area (Å²) in [6.45, 7) is 2.97. The largest absolute Gasteiger partial charge is 0.397 e. The molecule has 1 unspecified atom stereocenters. The van der Waals surface area contributed by atoms with Crippen LogP contribution in [0.2, 0.25) is 0 Å². The van der Waals surface area contributed by atoms with Gasteiger partial charge in [-0.15, -0.1) is 0 Å². The molecule has 4 heteroatoms. The van der Waals surface area contributed by atoms with Crippen molar-refractivity contribution in [1.82, 2.24) is 4.98 Å². The predicted molar refractivity (Wildman–Crippen MR) is 83.0 cm³/mol. The molecule has 0 spiro atoms. The Hall–Kier alpha value is -1.81. The number of nitrogen functional groups attached to an aromatic ring is 1. The lowest BCUT2D eigenvalue weighted by atomic mass is 9.98. The van der Waals surface area contributed by atoms with Gasteiger partial charge in [0.05, 0.1) is 17.8 Å². The highest BCUT2D eigenvalue weighted by Gasteiger charge is 2.21. The molecule has 1 aliphatic rings. The molecule has 0 amide bonds. The summed E-state index contributed by atoms with van der Waals surface area (Å²) in [7, 11) is 1.78. The maximum atomic E-state index is 6.03. The average molecular weight is 271 g/mol. The summed E-state index contributed by atoms with van der Waals surface area (Å²) in [5.74, 6) is 0.609. The zero-order valence-corrected chi connectivity index (χ0v) is 11.9. The molecule has 0 bridgehead atoms. The Bertz CT molecular complexity index is 597. The van der Waals surface area contributed by atoms with Crippen LogP contribution in [-0.4, -0.2) is 31.8 Å². The minimum absolute atomic E-state index is 0.609. The number of anilines is 2. The number of ether oxygens (including phenoxy) is 1. The first-order chi connectivity index (χ1) is 9.79. The number of hydrogen-bond donors (Lipinski definition) is 1. The molecule has 0 saturated carbocycles. The fraction of sp³-hybridized carbons (Fsp3) is 0.438. The summed E-state index contributed by atoms with van der Waals surface area (Å²) in [6.07, 6.45) is 4.31. The van der Waals surface area contributed by atoms with Crippen LogP contribution in [0.3, 0.4) is 0 Å². The van der Waals surface area contributed by atoms with Gasteiger partial charge in [0.2, 0.25) is 0 Å². The quantitative estimate of drug-likeness (QED) is 0.872. The molecular weight excluding hydrogens is 250 g/mol. The summed E-state index contributed by atoms with van der Waals surface area (Å²) in [5.41, 5.74) is 8.91. The van der Waals surface area contributed by atoms with Crippen LogP contribution in [0.4, 0.5) is 11.4 Å². The van der Waals surface area contributed by atoms with E-state index in [1.807, 2.05) is 18.3 Å². The Labute approximate surface area is 119 Å². The Balaban J connectivity index is 1.95. The van der Waals surface area contributed by atoms with E-state index >= 15 is 0 Å². The number of rotatable bonds is 3. The lowest BCUT2D eigenvalue weighted by Gasteiger charge is -2.34. The van der Waals surface area contributed by atoms with E-state index in [1.54, 1.807) is 7.11 Å². The Kier molecular flexibility index (Phi) is 3.74. The van der Waals surface area contributed by atoms with E-state index in [0.717, 1.165) is 36.3 Å². The van der Waals surface area contributed by atoms with Crippen LogP contribution in [0, 0.1) is 5.92 Å². The van der Waals surface area contributed by atoms with Crippen molar-refractivity contribution in [1.29, 1.82) is 0 Å². The maximum absolute atomic E-state index is 6.03. The maximum Gasteiger partial charge on any atom is 0.0951 e. The van der Waals surface area contributed by atoms with E-state index in [9.17, 15) is 0 Å². The van der Waals surface area contributed by atoms with Crippen molar-refractivity contribution in [2.75, 3.05) is 37.4 Å². The van der Waals surface area contributed by atoms with Crippen molar-refractivity contribution in [2.24, 2.45) is 5.92 Å². The van der Waals surface area contributed by atoms with Gasteiger partial charge < -0.3 is 15.4 Å². The molecule has 1 aromatic carbocycles. The number of para-hydroxylation sites is 1. The van der Waals surface area contributed by atoms with Crippen molar-refractivity contribution in [2.45, 2.75) is 12.8 Å². The van der Waals surface area contributed by atoms with Crippen molar-refractivity contribution in [3.63, 3.8) is 0 Å². The fourth-order valence-corrected chi connectivity index (χ4v) is 3.12. The van der Waals surface area contributed by atoms with Crippen molar-refractivity contribution in [3.8, 4) is 0 Å². The standard InChI is InChI=1S/C16H21N3O/c1-20-11-12-4-3-9-19(10-12)15-7-8-18-16-13(15)5-2-6-14(16)17/h2,5-8,12H,3-4,9-11,17H2,1H3. The smallest absolute Gasteiger partial charge is 0.0951 e. The molecule has 1 aliphatic heterocycles. The molecule has 2 N–H and O–H groups in total. The van der Waals surface area contributed by atoms with Gasteiger partial charge in [-0.3, -0.25) is 4.98 Å². The molecule has 2 aromatic rings. The number of aromatic nitrogens is 1. The fourth-order valence-electron chi connectivity index (χ4n) is 3.12. The molecule has 4 nitrogen and oxygen atoms in total. The Morgan fingerprint density at radius 2 is 2.30 bits per heavy atom. The molecule has 2 heterocycles. The molecular formula is C16H21N3O. The van der Waals surface area contributed by atoms with Gasteiger partial charge in [0.25, 0.3) is 0 Å². The molecule has 0 radical (unpaired) electrons. The number of piperidine rings is 1. The monoisotopic (exact) mass is 271 g/mol. The highest BCUT2D eigenvalue weighted by molar-refractivity contribution is 5.98. The summed E-state index contributed by atoms with van der Waals surface area (Å²) in [5, 5.41) is 1.14. The van der Waals surface area contributed by atoms with Crippen LogP contribution in [-0.2, 0) is 4.74 Å². The summed E-state index contributed by atoms with van der Waals surface area (Å²) < 4.78 is 5.31. The molecule has 0 aliphatic carbocycles. The second kappa shape index (κ2) is 5.67. The number of nitrogens with two attached hydrogens (primary N) is 1. The highest BCUT2D eigenvalue weighted by atomic mass is 16.5. The second-order valence-corrected chi connectivity index (χ2v) is 5.48. The van der Waals surface area contributed by atoms with Crippen molar-refractivity contribution >= 4 is 22.3 Å². The predicted octanol–water partition coefficient (Wildman–Crippen LogP) is 2.68. The normalized spacial score (nSPS) is 19.4. The van der Waals surface area contributed by atoms with Crippen LogP contribution in [0.1, 0.15) is 12.8 Å². The van der Waals surface area contributed by atoms with Crippen LogP contribution < -0.4 is 10.6 Å². The molecule has 106 valence electrons. The molecule has 3 rings (SSSR count). The molecule has 20 heavy (non-hydrogen) atoms. The van der Waals surface area contributed by atoms with Gasteiger partial charge in [0.1, 0.15) is 0 Å². The number of methoxy groups -OCH3 is 1. The minimum atomic E-state index is 0.609. The van der Waals surface area contributed by atoms with E-state index in [-0.39, 0.29) is 0 Å². The molecule has 1 fully saturated rings. The first kappa shape index (κ1) is 13.2. The zero-order chi connectivity index (χ0) is 13.9. The van der Waals surface area contributed by atoms with Gasteiger partial charge in [-0.2, -0.15) is 0 Å². The molecule has 1 saturated heterocycles. The van der Waals surface area contributed by atoms with Gasteiger partial charge in [-0.05, 0) is 30.9 Å². The van der Waals surface area contributed by atoms with Gasteiger partial charge in [-0.25, -0.2) is 0 Å². The van der Waals surface area contributed by atoms with E-state index in [4.69, 9.17) is 10.5 Å². The number of hydrogen-bond acceptors (Lipinski definition) is 4. The van der Waals surface area contributed by atoms with Crippen molar-refractivity contribution in [3.05, 3.63) is 30.5 Å². The molecule has 1 aromatic heterocycles. The van der Waals surface area contributed by atoms with E-state index in [2.05, 4.69) is 22.0 Å². The number of pyridine rings is 1. The van der Waals surface area contributed by atoms with Crippen LogP contribution in [0.15, 0.2) is 30.5 Å². The van der Waals surface area contributed by atoms with Crippen LogP contribution in [0.25, 0.3) is 10.9 Å². The van der Waals surface area contributed by atoms with Gasteiger partial charge in [0, 0.05) is 37.5 Å². The summed E-state index contributed by atoms with van der Waals surface area (Å²) in [6, 6.07) is 8.10. The first-order valence-electron chi connectivity index (χ1n) is 7.16. The van der Waals surface area contributed by atoms with E-state index in [1.165, 1.54) is 18.5 Å². The van der Waals surface area contributed by atoms with Gasteiger partial charge >= 0.3 is 0 Å². The zero-order valence-electron chi connectivity index (χ0n) is 11.9. The van der Waals surface area contributed by atoms with Gasteiger partial charge in [0.15, 0.2) is 0 Å². The molecule has 1 atom stereocenters. The van der Waals surface area contributed by atoms with Crippen LogP contribution in [0.5, 0.6) is 0 Å². The lowest BCUT2D eigenvalue weighted by molar-refractivity contribution is 0.143. The summed E-state index contributed by atoms with van der Waals surface area (Å²) in [4.78, 5) is 6.86. The SMILES string of the molecule is COCC1CCCN(c2ccnc3c(N)cccc23)C1. The van der Waals surface area contributed by atoms with E-state index < -0.39 is 0 Å². The first-order valence-corrected chi connectivity index (χ1v) is 7.16. The highest BCUT2D eigenvalue weighted by Crippen LogP contribution is 2.31. The van der Waals surface area contributed by atoms with E-state index in [0.29, 0.717) is 5.92 Å². The third kappa shape index (κ3) is 2.43. The van der Waals surface area contributed by atoms with Crippen LogP contribution >= 0.6 is 0 Å². The van der Waals surface area contributed by atoms with Crippen molar-refractivity contribution < 1.29 is 4.74 Å². The number of nitrogens with zero attached hydrogens (tertiary/aromatic N) is 2. The third-order valence-electron chi connectivity index (χ3n) is 4.04. The lowest BCUT2D eigenvalue weighted by Crippen LogP contribution is -2.37. The van der Waals surface area contributed by atoms with Gasteiger partial charge in [-0.1, -0.05) is 12.1 Å². The third-order valence-corrected chi connectivity index (χ3v) is 4.04. The number of fused-ring (bicyclic) bond motifs is 1. The minimum Gasteiger partial charge on any atom is -0.397 e. The second-order valence-electron chi connectivity index (χ2n) is 5.48. The average Bonchev–Trinajstić information content (AvgIpc) is 2.48. The summed E-state index contributed by atoms with van der Waals surface area (Å²) >= 11 is 0. The topological polar surface area (TPSA) is 51.4 Å². The Morgan fingerprint density at radius 3 is 3.15 bits per heavy atom.